The van der Waals surface area contributed by atoms with Crippen molar-refractivity contribution in [1.29, 1.82) is 0 Å². The topological polar surface area (TPSA) is 49.0 Å². The molecular formula is C20H21N3O. The molecule has 0 saturated heterocycles. The van der Waals surface area contributed by atoms with Crippen molar-refractivity contribution < 1.29 is 4.79 Å². The molecule has 24 heavy (non-hydrogen) atoms. The number of aromatic amines is 1. The van der Waals surface area contributed by atoms with E-state index in [1.807, 2.05) is 17.0 Å². The van der Waals surface area contributed by atoms with E-state index >= 15 is 0 Å². The van der Waals surface area contributed by atoms with Crippen molar-refractivity contribution in [1.82, 2.24) is 14.9 Å². The number of hydrogen-bond acceptors (Lipinski definition) is 2. The maximum Gasteiger partial charge on any atom is 0.255 e. The highest BCUT2D eigenvalue weighted by molar-refractivity contribution is 5.94. The van der Waals surface area contributed by atoms with Gasteiger partial charge in [-0.2, -0.15) is 0 Å². The minimum Gasteiger partial charge on any atom is -0.358 e. The summed E-state index contributed by atoms with van der Waals surface area (Å²) in [5, 5.41) is 1.25. The third-order valence-electron chi connectivity index (χ3n) is 4.86. The molecule has 0 saturated carbocycles. The Morgan fingerprint density at radius 2 is 2.17 bits per heavy atom. The molecule has 1 aliphatic rings. The molecule has 4 rings (SSSR count). The lowest BCUT2D eigenvalue weighted by Gasteiger charge is -2.27. The Morgan fingerprint density at radius 3 is 2.92 bits per heavy atom. The van der Waals surface area contributed by atoms with Crippen LogP contribution in [0.25, 0.3) is 10.9 Å². The second-order valence-corrected chi connectivity index (χ2v) is 6.76. The predicted molar refractivity (Wildman–Crippen MR) is 95.1 cm³/mol. The molecule has 1 N–H and O–H groups in total. The average Bonchev–Trinajstić information content (AvgIpc) is 2.98. The minimum absolute atomic E-state index is 0.0584. The number of nitrogens with one attached hydrogen (secondary N) is 1. The summed E-state index contributed by atoms with van der Waals surface area (Å²) in [4.78, 5) is 22.2. The highest BCUT2D eigenvalue weighted by atomic mass is 16.2. The van der Waals surface area contributed by atoms with Gasteiger partial charge in [0.15, 0.2) is 0 Å². The van der Waals surface area contributed by atoms with Gasteiger partial charge in [0.1, 0.15) is 0 Å². The summed E-state index contributed by atoms with van der Waals surface area (Å²) in [7, 11) is 0. The number of rotatable bonds is 2. The number of benzene rings is 1. The highest BCUT2D eigenvalue weighted by Crippen LogP contribution is 2.30. The Balaban J connectivity index is 1.70. The largest absolute Gasteiger partial charge is 0.358 e. The first-order chi connectivity index (χ1) is 11.6. The smallest absolute Gasteiger partial charge is 0.255 e. The van der Waals surface area contributed by atoms with Crippen LogP contribution in [-0.4, -0.2) is 27.3 Å². The van der Waals surface area contributed by atoms with Crippen LogP contribution in [0.3, 0.4) is 0 Å². The second kappa shape index (κ2) is 5.78. The molecular weight excluding hydrogens is 298 g/mol. The molecule has 0 unspecified atom stereocenters. The normalized spacial score (nSPS) is 14.2. The average molecular weight is 319 g/mol. The molecule has 0 aliphatic carbocycles. The van der Waals surface area contributed by atoms with Gasteiger partial charge in [-0.25, -0.2) is 0 Å². The zero-order chi connectivity index (χ0) is 16.7. The van der Waals surface area contributed by atoms with Gasteiger partial charge >= 0.3 is 0 Å². The number of carbonyl (C=O) groups excluding carboxylic acids is 1. The van der Waals surface area contributed by atoms with Crippen LogP contribution in [0.2, 0.25) is 0 Å². The maximum absolute atomic E-state index is 12.7. The number of H-pyrrole nitrogens is 1. The predicted octanol–water partition coefficient (Wildman–Crippen LogP) is 3.88. The van der Waals surface area contributed by atoms with Gasteiger partial charge < -0.3 is 9.88 Å². The monoisotopic (exact) mass is 319 g/mol. The van der Waals surface area contributed by atoms with Crippen molar-refractivity contribution in [2.45, 2.75) is 32.7 Å². The summed E-state index contributed by atoms with van der Waals surface area (Å²) in [6.45, 7) is 5.81. The molecule has 1 aromatic carbocycles. The number of amides is 1. The lowest BCUT2D eigenvalue weighted by atomic mass is 9.98. The van der Waals surface area contributed by atoms with Crippen molar-refractivity contribution in [3.63, 3.8) is 0 Å². The van der Waals surface area contributed by atoms with Gasteiger partial charge in [-0.15, -0.1) is 0 Å². The van der Waals surface area contributed by atoms with E-state index in [0.29, 0.717) is 18.0 Å². The molecule has 0 atom stereocenters. The standard InChI is InChI=1S/C20H21N3O/c1-13(2)14-5-6-18-16(10-14)17-12-23(9-7-19(17)22-18)20(24)15-4-3-8-21-11-15/h3-6,8,10-11,13,22H,7,9,12H2,1-2H3. The minimum atomic E-state index is 0.0584. The van der Waals surface area contributed by atoms with Crippen molar-refractivity contribution in [3.05, 3.63) is 65.1 Å². The van der Waals surface area contributed by atoms with Crippen LogP contribution in [0.15, 0.2) is 42.7 Å². The first-order valence-corrected chi connectivity index (χ1v) is 8.46. The molecule has 4 nitrogen and oxygen atoms in total. The fourth-order valence-corrected chi connectivity index (χ4v) is 3.44. The van der Waals surface area contributed by atoms with E-state index < -0.39 is 0 Å². The summed E-state index contributed by atoms with van der Waals surface area (Å²) < 4.78 is 0. The third kappa shape index (κ3) is 2.48. The number of nitrogens with zero attached hydrogens (tertiary/aromatic N) is 2. The number of pyridine rings is 1. The summed E-state index contributed by atoms with van der Waals surface area (Å²) in [5.41, 5.74) is 5.68. The molecule has 1 aliphatic heterocycles. The molecule has 0 fully saturated rings. The van der Waals surface area contributed by atoms with Gasteiger partial charge in [0.2, 0.25) is 0 Å². The third-order valence-corrected chi connectivity index (χ3v) is 4.86. The summed E-state index contributed by atoms with van der Waals surface area (Å²) in [6, 6.07) is 10.3. The number of carbonyl (C=O) groups is 1. The van der Waals surface area contributed by atoms with Crippen LogP contribution in [-0.2, 0) is 13.0 Å². The maximum atomic E-state index is 12.7. The molecule has 3 heterocycles. The van der Waals surface area contributed by atoms with Crippen molar-refractivity contribution in [2.24, 2.45) is 0 Å². The van der Waals surface area contributed by atoms with Gasteiger partial charge in [0, 0.05) is 54.1 Å². The van der Waals surface area contributed by atoms with Gasteiger partial charge in [-0.3, -0.25) is 9.78 Å². The van der Waals surface area contributed by atoms with Crippen molar-refractivity contribution in [3.8, 4) is 0 Å². The first-order valence-electron chi connectivity index (χ1n) is 8.46. The number of aromatic nitrogens is 2. The molecule has 122 valence electrons. The van der Waals surface area contributed by atoms with Gasteiger partial charge in [0.05, 0.1) is 5.56 Å². The van der Waals surface area contributed by atoms with E-state index in [1.165, 1.54) is 27.7 Å². The van der Waals surface area contributed by atoms with Crippen LogP contribution in [0.5, 0.6) is 0 Å². The molecule has 3 aromatic rings. The number of hydrogen-bond donors (Lipinski definition) is 1. The Bertz CT molecular complexity index is 896. The van der Waals surface area contributed by atoms with E-state index in [-0.39, 0.29) is 5.91 Å². The first kappa shape index (κ1) is 14.9. The molecule has 1 amide bonds. The zero-order valence-corrected chi connectivity index (χ0v) is 14.0. The van der Waals surface area contributed by atoms with E-state index in [9.17, 15) is 4.79 Å². The quantitative estimate of drug-likeness (QED) is 0.779. The Labute approximate surface area is 141 Å². The Morgan fingerprint density at radius 1 is 1.29 bits per heavy atom. The van der Waals surface area contributed by atoms with Crippen molar-refractivity contribution >= 4 is 16.8 Å². The lowest BCUT2D eigenvalue weighted by Crippen LogP contribution is -2.35. The van der Waals surface area contributed by atoms with Crippen LogP contribution < -0.4 is 0 Å². The summed E-state index contributed by atoms with van der Waals surface area (Å²) in [5.74, 6) is 0.555. The van der Waals surface area contributed by atoms with Crippen LogP contribution in [0.1, 0.15) is 46.9 Å². The molecule has 2 aromatic heterocycles. The highest BCUT2D eigenvalue weighted by Gasteiger charge is 2.25. The van der Waals surface area contributed by atoms with E-state index in [4.69, 9.17) is 0 Å². The fourth-order valence-electron chi connectivity index (χ4n) is 3.44. The van der Waals surface area contributed by atoms with Crippen LogP contribution >= 0.6 is 0 Å². The van der Waals surface area contributed by atoms with E-state index in [0.717, 1.165) is 13.0 Å². The van der Waals surface area contributed by atoms with Crippen LogP contribution in [0, 0.1) is 0 Å². The zero-order valence-electron chi connectivity index (χ0n) is 14.0. The molecule has 0 bridgehead atoms. The van der Waals surface area contributed by atoms with E-state index in [1.54, 1.807) is 12.4 Å². The van der Waals surface area contributed by atoms with E-state index in [2.05, 4.69) is 42.0 Å². The van der Waals surface area contributed by atoms with Gasteiger partial charge in [-0.05, 0) is 35.7 Å². The Kier molecular flexibility index (Phi) is 3.60. The lowest BCUT2D eigenvalue weighted by molar-refractivity contribution is 0.0734. The SMILES string of the molecule is CC(C)c1ccc2[nH]c3c(c2c1)CN(C(=O)c1cccnc1)CC3. The molecule has 4 heteroatoms. The molecule has 0 spiro atoms. The second-order valence-electron chi connectivity index (χ2n) is 6.76. The fraction of sp³-hybridized carbons (Fsp3) is 0.300. The summed E-state index contributed by atoms with van der Waals surface area (Å²) in [6.07, 6.45) is 4.20. The number of fused-ring (bicyclic) bond motifs is 3. The summed E-state index contributed by atoms with van der Waals surface area (Å²) >= 11 is 0. The van der Waals surface area contributed by atoms with Gasteiger partial charge in [0.25, 0.3) is 5.91 Å². The van der Waals surface area contributed by atoms with Crippen molar-refractivity contribution in [2.75, 3.05) is 6.54 Å². The molecule has 0 radical (unpaired) electrons. The van der Waals surface area contributed by atoms with Gasteiger partial charge in [-0.1, -0.05) is 19.9 Å². The van der Waals surface area contributed by atoms with Crippen LogP contribution in [0.4, 0.5) is 0 Å². The Hall–Kier alpha value is -2.62.